The van der Waals surface area contributed by atoms with Crippen LogP contribution < -0.4 is 0 Å². The largest absolute Gasteiger partial charge is 0.344 e. The second kappa shape index (κ2) is 4.38. The second-order valence-electron chi connectivity index (χ2n) is 5.89. The highest BCUT2D eigenvalue weighted by Crippen LogP contribution is 2.42. The predicted octanol–water partition coefficient (Wildman–Crippen LogP) is 4.10. The Balaban J connectivity index is 1.85. The summed E-state index contributed by atoms with van der Waals surface area (Å²) < 4.78 is 0. The zero-order chi connectivity index (χ0) is 14.5. The smallest absolute Gasteiger partial charge is 0.0734 e. The topological polar surface area (TPSA) is 6.48 Å². The lowest BCUT2D eigenvalue weighted by atomic mass is 9.91. The van der Waals surface area contributed by atoms with Crippen LogP contribution in [0.1, 0.15) is 22.3 Å². The first-order valence-electron chi connectivity index (χ1n) is 7.74. The van der Waals surface area contributed by atoms with Gasteiger partial charge in [-0.2, -0.15) is 0 Å². The van der Waals surface area contributed by atoms with Gasteiger partial charge in [0, 0.05) is 36.6 Å². The minimum Gasteiger partial charge on any atom is -0.344 e. The molecule has 0 aromatic heterocycles. The average Bonchev–Trinajstić information content (AvgIpc) is 2.60. The van der Waals surface area contributed by atoms with Crippen molar-refractivity contribution >= 4 is 23.5 Å². The molecule has 0 radical (unpaired) electrons. The number of benzene rings is 2. The van der Waals surface area contributed by atoms with Crippen molar-refractivity contribution in [3.63, 3.8) is 0 Å². The summed E-state index contributed by atoms with van der Waals surface area (Å²) in [5, 5.41) is 0. The maximum Gasteiger partial charge on any atom is 0.0734 e. The Hall–Kier alpha value is -2.74. The fraction of sp³-hybridized carbons (Fsp3) is 0.100. The van der Waals surface area contributed by atoms with E-state index >= 15 is 0 Å². The Bertz CT molecular complexity index is 786. The van der Waals surface area contributed by atoms with Gasteiger partial charge in [-0.3, -0.25) is 0 Å². The van der Waals surface area contributed by atoms with Crippen molar-refractivity contribution in [2.24, 2.45) is 0 Å². The van der Waals surface area contributed by atoms with E-state index in [-0.39, 0.29) is 0 Å². The minimum absolute atomic E-state index is 1.02. The van der Waals surface area contributed by atoms with Crippen molar-refractivity contribution in [3.8, 4) is 0 Å². The van der Waals surface area contributed by atoms with Crippen LogP contribution in [0.2, 0.25) is 0 Å². The van der Waals surface area contributed by atoms with Gasteiger partial charge in [0.1, 0.15) is 0 Å². The molecule has 0 saturated carbocycles. The van der Waals surface area contributed by atoms with E-state index in [4.69, 9.17) is 0 Å². The quantitative estimate of drug-likeness (QED) is 0.718. The first-order chi connectivity index (χ1) is 10.9. The van der Waals surface area contributed by atoms with E-state index in [1.807, 2.05) is 0 Å². The van der Waals surface area contributed by atoms with Crippen LogP contribution in [0.25, 0.3) is 23.5 Å². The minimum atomic E-state index is 1.02. The number of nitrogens with zero attached hydrogens (tertiary/aromatic N) is 2. The standard InChI is InChI=1S/C20H16N2/c1-3-7-17-15(5-1)9-11-21-13-14-22-12-10-16-6-2-4-8-18(16)20(22)19(17)21/h1-12H,13-14H2. The lowest BCUT2D eigenvalue weighted by Gasteiger charge is -2.41. The van der Waals surface area contributed by atoms with E-state index in [2.05, 4.69) is 82.9 Å². The highest BCUT2D eigenvalue weighted by molar-refractivity contribution is 5.97. The Kier molecular flexibility index (Phi) is 2.36. The Morgan fingerprint density at radius 2 is 1.05 bits per heavy atom. The molecule has 3 aliphatic rings. The molecular formula is C20H16N2. The lowest BCUT2D eigenvalue weighted by molar-refractivity contribution is 0.402. The first kappa shape index (κ1) is 11.9. The van der Waals surface area contributed by atoms with Gasteiger partial charge in [-0.25, -0.2) is 0 Å². The third kappa shape index (κ3) is 1.55. The van der Waals surface area contributed by atoms with Gasteiger partial charge in [-0.15, -0.1) is 0 Å². The van der Waals surface area contributed by atoms with E-state index in [0.29, 0.717) is 0 Å². The molecule has 5 rings (SSSR count). The predicted molar refractivity (Wildman–Crippen MR) is 91.2 cm³/mol. The van der Waals surface area contributed by atoms with Gasteiger partial charge in [0.2, 0.25) is 0 Å². The van der Waals surface area contributed by atoms with Gasteiger partial charge in [-0.1, -0.05) is 48.5 Å². The van der Waals surface area contributed by atoms with Crippen molar-refractivity contribution in [2.75, 3.05) is 13.1 Å². The van der Waals surface area contributed by atoms with Gasteiger partial charge in [0.15, 0.2) is 0 Å². The van der Waals surface area contributed by atoms with E-state index in [1.54, 1.807) is 0 Å². The Labute approximate surface area is 130 Å². The van der Waals surface area contributed by atoms with Crippen molar-refractivity contribution < 1.29 is 0 Å². The molecule has 2 nitrogen and oxygen atoms in total. The molecule has 0 unspecified atom stereocenters. The van der Waals surface area contributed by atoms with Crippen molar-refractivity contribution in [1.29, 1.82) is 0 Å². The molecule has 0 fully saturated rings. The normalized spacial score (nSPS) is 17.8. The van der Waals surface area contributed by atoms with Gasteiger partial charge < -0.3 is 9.80 Å². The molecule has 3 aliphatic heterocycles. The van der Waals surface area contributed by atoms with Gasteiger partial charge in [-0.05, 0) is 23.3 Å². The lowest BCUT2D eigenvalue weighted by Crippen LogP contribution is -2.37. The van der Waals surface area contributed by atoms with Gasteiger partial charge in [0.25, 0.3) is 0 Å². The zero-order valence-corrected chi connectivity index (χ0v) is 12.2. The van der Waals surface area contributed by atoms with Crippen LogP contribution >= 0.6 is 0 Å². The van der Waals surface area contributed by atoms with Crippen LogP contribution in [0.3, 0.4) is 0 Å². The molecule has 0 N–H and O–H groups in total. The molecule has 0 aliphatic carbocycles. The third-order valence-corrected chi connectivity index (χ3v) is 4.68. The van der Waals surface area contributed by atoms with Crippen LogP contribution in [0.4, 0.5) is 0 Å². The molecule has 2 aromatic carbocycles. The number of fused-ring (bicyclic) bond motifs is 6. The van der Waals surface area contributed by atoms with Crippen molar-refractivity contribution in [2.45, 2.75) is 0 Å². The Morgan fingerprint density at radius 1 is 0.591 bits per heavy atom. The summed E-state index contributed by atoms with van der Waals surface area (Å²) in [4.78, 5) is 4.79. The van der Waals surface area contributed by atoms with Crippen LogP contribution in [0.5, 0.6) is 0 Å². The summed E-state index contributed by atoms with van der Waals surface area (Å²) >= 11 is 0. The average molecular weight is 284 g/mol. The summed E-state index contributed by atoms with van der Waals surface area (Å²) in [7, 11) is 0. The van der Waals surface area contributed by atoms with E-state index in [0.717, 1.165) is 13.1 Å². The summed E-state index contributed by atoms with van der Waals surface area (Å²) in [6, 6.07) is 17.3. The van der Waals surface area contributed by atoms with Crippen LogP contribution in [-0.4, -0.2) is 22.9 Å². The second-order valence-corrected chi connectivity index (χ2v) is 5.89. The molecule has 0 atom stereocenters. The maximum absolute atomic E-state index is 2.39. The van der Waals surface area contributed by atoms with Gasteiger partial charge in [0.05, 0.1) is 11.4 Å². The summed E-state index contributed by atoms with van der Waals surface area (Å²) in [5.41, 5.74) is 7.93. The maximum atomic E-state index is 2.39. The highest BCUT2D eigenvalue weighted by atomic mass is 15.3. The summed E-state index contributed by atoms with van der Waals surface area (Å²) in [5.74, 6) is 0. The molecule has 106 valence electrons. The monoisotopic (exact) mass is 284 g/mol. The summed E-state index contributed by atoms with van der Waals surface area (Å²) in [6.07, 6.45) is 8.89. The van der Waals surface area contributed by atoms with E-state index < -0.39 is 0 Å². The van der Waals surface area contributed by atoms with Crippen LogP contribution in [0, 0.1) is 0 Å². The molecule has 0 bridgehead atoms. The first-order valence-corrected chi connectivity index (χ1v) is 7.74. The molecule has 0 saturated heterocycles. The molecule has 2 aromatic rings. The molecular weight excluding hydrogens is 268 g/mol. The molecule has 22 heavy (non-hydrogen) atoms. The van der Waals surface area contributed by atoms with E-state index in [9.17, 15) is 0 Å². The molecule has 2 heteroatoms. The van der Waals surface area contributed by atoms with Crippen molar-refractivity contribution in [1.82, 2.24) is 9.80 Å². The summed E-state index contributed by atoms with van der Waals surface area (Å²) in [6.45, 7) is 2.05. The van der Waals surface area contributed by atoms with E-state index in [1.165, 1.54) is 33.6 Å². The highest BCUT2D eigenvalue weighted by Gasteiger charge is 2.30. The molecule has 0 spiro atoms. The number of rotatable bonds is 0. The SMILES string of the molecule is C1=CN2CCN3C=Cc4ccccc4C3=C2c2ccccc21. The number of hydrogen-bond acceptors (Lipinski definition) is 2. The third-order valence-electron chi connectivity index (χ3n) is 4.68. The fourth-order valence-electron chi connectivity index (χ4n) is 3.63. The van der Waals surface area contributed by atoms with Crippen LogP contribution in [-0.2, 0) is 0 Å². The molecule has 0 amide bonds. The Morgan fingerprint density at radius 3 is 1.55 bits per heavy atom. The number of hydrogen-bond donors (Lipinski definition) is 0. The zero-order valence-electron chi connectivity index (χ0n) is 12.2. The molecule has 3 heterocycles. The van der Waals surface area contributed by atoms with Gasteiger partial charge >= 0.3 is 0 Å². The fourth-order valence-corrected chi connectivity index (χ4v) is 3.63. The van der Waals surface area contributed by atoms with Crippen molar-refractivity contribution in [3.05, 3.63) is 83.2 Å². The van der Waals surface area contributed by atoms with Crippen LogP contribution in [0.15, 0.2) is 60.9 Å².